The van der Waals surface area contributed by atoms with Gasteiger partial charge in [0.05, 0.1) is 0 Å². The first-order chi connectivity index (χ1) is 13.2. The van der Waals surface area contributed by atoms with Crippen molar-refractivity contribution < 1.29 is 0 Å². The molecule has 1 heterocycles. The average Bonchev–Trinajstić information content (AvgIpc) is 3.22. The number of benzene rings is 2. The average molecular weight is 397 g/mol. The van der Waals surface area contributed by atoms with E-state index >= 15 is 0 Å². The largest absolute Gasteiger partial charge is 0.358 e. The number of nitrogens with zero attached hydrogens (tertiary/aromatic N) is 2. The highest BCUT2D eigenvalue weighted by molar-refractivity contribution is 7.80. The van der Waals surface area contributed by atoms with Crippen LogP contribution >= 0.6 is 23.8 Å². The lowest BCUT2D eigenvalue weighted by atomic mass is 10.0. The summed E-state index contributed by atoms with van der Waals surface area (Å²) in [6.45, 7) is 5.01. The van der Waals surface area contributed by atoms with Gasteiger partial charge in [0.25, 0.3) is 0 Å². The number of anilines is 1. The zero-order valence-electron chi connectivity index (χ0n) is 15.7. The molecule has 140 valence electrons. The number of aryl methyl sites for hydroxylation is 2. The van der Waals surface area contributed by atoms with E-state index in [4.69, 9.17) is 12.2 Å². The van der Waals surface area contributed by atoms with E-state index in [0.717, 1.165) is 28.9 Å². The number of unbranched alkanes of at least 4 members (excludes halogenated alkanes) is 1. The molecule has 0 spiro atoms. The highest BCUT2D eigenvalue weighted by Gasteiger charge is 2.04. The third-order valence-electron chi connectivity index (χ3n) is 4.42. The minimum atomic E-state index is 0.632. The van der Waals surface area contributed by atoms with E-state index in [1.54, 1.807) is 0 Å². The number of thiocarbonyl (C=S) groups is 1. The second kappa shape index (κ2) is 9.58. The molecule has 0 fully saturated rings. The molecule has 0 saturated heterocycles. The predicted octanol–water partition coefficient (Wildman–Crippen LogP) is 5.34. The summed E-state index contributed by atoms with van der Waals surface area (Å²) in [4.78, 5) is 0. The fourth-order valence-corrected chi connectivity index (χ4v) is 3.48. The lowest BCUT2D eigenvalue weighted by molar-refractivity contribution is 0.794. The zero-order chi connectivity index (χ0) is 19.1. The number of nitrogens with one attached hydrogen (secondary N) is 2. The van der Waals surface area contributed by atoms with Crippen LogP contribution in [0.3, 0.4) is 0 Å². The van der Waals surface area contributed by atoms with E-state index in [1.165, 1.54) is 35.5 Å². The van der Waals surface area contributed by atoms with Crippen molar-refractivity contribution in [3.63, 3.8) is 0 Å². The zero-order valence-corrected chi connectivity index (χ0v) is 17.3. The molecule has 0 saturated carbocycles. The fraction of sp³-hybridized carbons (Fsp3) is 0.286. The Morgan fingerprint density at radius 3 is 2.56 bits per heavy atom. The number of aromatic nitrogens is 2. The van der Waals surface area contributed by atoms with Gasteiger partial charge in [0.2, 0.25) is 0 Å². The van der Waals surface area contributed by atoms with Gasteiger partial charge < -0.3 is 10.6 Å². The molecule has 4 nitrogen and oxygen atoms in total. The molecule has 0 aliphatic heterocycles. The summed E-state index contributed by atoms with van der Waals surface area (Å²) in [6.07, 6.45) is 3.58. The molecule has 3 rings (SSSR count). The van der Waals surface area contributed by atoms with Crippen molar-refractivity contribution in [2.75, 3.05) is 5.32 Å². The highest BCUT2D eigenvalue weighted by atomic mass is 32.1. The van der Waals surface area contributed by atoms with Gasteiger partial charge in [-0.2, -0.15) is 0 Å². The minimum Gasteiger partial charge on any atom is -0.358 e. The Labute approximate surface area is 170 Å². The molecule has 2 aromatic carbocycles. The molecule has 0 bridgehead atoms. The van der Waals surface area contributed by atoms with E-state index in [0.29, 0.717) is 11.7 Å². The van der Waals surface area contributed by atoms with Gasteiger partial charge in [0, 0.05) is 23.2 Å². The topological polar surface area (TPSA) is 49.8 Å². The maximum absolute atomic E-state index is 5.45. The monoisotopic (exact) mass is 396 g/mol. The quantitative estimate of drug-likeness (QED) is 0.528. The summed E-state index contributed by atoms with van der Waals surface area (Å²) in [7, 11) is 0. The Morgan fingerprint density at radius 1 is 1.11 bits per heavy atom. The van der Waals surface area contributed by atoms with Gasteiger partial charge in [-0.25, -0.2) is 0 Å². The van der Waals surface area contributed by atoms with Crippen molar-refractivity contribution >= 4 is 34.6 Å². The lowest BCUT2D eigenvalue weighted by Crippen LogP contribution is -2.28. The van der Waals surface area contributed by atoms with Crippen molar-refractivity contribution in [1.29, 1.82) is 0 Å². The van der Waals surface area contributed by atoms with Gasteiger partial charge in [-0.3, -0.25) is 0 Å². The van der Waals surface area contributed by atoms with Gasteiger partial charge in [-0.05, 0) is 66.3 Å². The third-order valence-corrected chi connectivity index (χ3v) is 5.17. The first-order valence-corrected chi connectivity index (χ1v) is 10.4. The van der Waals surface area contributed by atoms with E-state index < -0.39 is 0 Å². The molecule has 2 N–H and O–H groups in total. The van der Waals surface area contributed by atoms with Gasteiger partial charge in [-0.15, -0.1) is 5.10 Å². The number of rotatable bonds is 7. The summed E-state index contributed by atoms with van der Waals surface area (Å²) in [5.41, 5.74) is 6.81. The van der Waals surface area contributed by atoms with Gasteiger partial charge >= 0.3 is 0 Å². The van der Waals surface area contributed by atoms with Crippen LogP contribution in [-0.4, -0.2) is 14.7 Å². The summed E-state index contributed by atoms with van der Waals surface area (Å²) >= 11 is 6.81. The second-order valence-electron chi connectivity index (χ2n) is 6.55. The van der Waals surface area contributed by atoms with Gasteiger partial charge in [0.1, 0.15) is 5.69 Å². The fourth-order valence-electron chi connectivity index (χ4n) is 2.84. The Hall–Kier alpha value is -2.31. The summed E-state index contributed by atoms with van der Waals surface area (Å²) < 4.78 is 3.90. The van der Waals surface area contributed by atoms with Crippen LogP contribution in [-0.2, 0) is 13.0 Å². The lowest BCUT2D eigenvalue weighted by Gasteiger charge is -2.14. The standard InChI is InChI=1S/C21H24N4S2/c1-3-4-5-16-8-11-19(15(2)12-16)23-21(26)22-13-17-6-9-18(10-7-17)20-14-27-25-24-20/h6-12,14H,3-5,13H2,1-2H3,(H2,22,23,26). The molecule has 0 aliphatic rings. The van der Waals surface area contributed by atoms with Crippen LogP contribution in [0.1, 0.15) is 36.5 Å². The number of hydrogen-bond donors (Lipinski definition) is 2. The molecule has 0 atom stereocenters. The van der Waals surface area contributed by atoms with Gasteiger partial charge in [0.15, 0.2) is 5.11 Å². The van der Waals surface area contributed by atoms with Crippen LogP contribution in [0.15, 0.2) is 47.8 Å². The van der Waals surface area contributed by atoms with Crippen molar-refractivity contribution in [1.82, 2.24) is 14.9 Å². The smallest absolute Gasteiger partial charge is 0.171 e. The Bertz CT molecular complexity index is 874. The molecular formula is C21H24N4S2. The summed E-state index contributed by atoms with van der Waals surface area (Å²) in [5, 5.41) is 13.2. The van der Waals surface area contributed by atoms with Crippen LogP contribution in [0.25, 0.3) is 11.3 Å². The highest BCUT2D eigenvalue weighted by Crippen LogP contribution is 2.19. The van der Waals surface area contributed by atoms with Crippen molar-refractivity contribution in [2.45, 2.75) is 39.7 Å². The minimum absolute atomic E-state index is 0.632. The van der Waals surface area contributed by atoms with Crippen LogP contribution in [0, 0.1) is 6.92 Å². The van der Waals surface area contributed by atoms with Crippen molar-refractivity contribution in [2.24, 2.45) is 0 Å². The molecular weight excluding hydrogens is 372 g/mol. The second-order valence-corrected chi connectivity index (χ2v) is 7.57. The van der Waals surface area contributed by atoms with Gasteiger partial charge in [-0.1, -0.05) is 54.2 Å². The SMILES string of the molecule is CCCCc1ccc(NC(=S)NCc2ccc(-c3csnn3)cc2)c(C)c1. The Kier molecular flexibility index (Phi) is 6.90. The molecule has 27 heavy (non-hydrogen) atoms. The molecule has 0 radical (unpaired) electrons. The normalized spacial score (nSPS) is 10.6. The van der Waals surface area contributed by atoms with Crippen LogP contribution < -0.4 is 10.6 Å². The Morgan fingerprint density at radius 2 is 1.89 bits per heavy atom. The molecule has 3 aromatic rings. The third kappa shape index (κ3) is 5.58. The van der Waals surface area contributed by atoms with Crippen LogP contribution in [0.2, 0.25) is 0 Å². The van der Waals surface area contributed by atoms with Crippen LogP contribution in [0.4, 0.5) is 5.69 Å². The van der Waals surface area contributed by atoms with E-state index in [1.807, 2.05) is 5.38 Å². The van der Waals surface area contributed by atoms with Crippen molar-refractivity contribution in [3.05, 3.63) is 64.5 Å². The molecule has 0 unspecified atom stereocenters. The number of hydrogen-bond acceptors (Lipinski definition) is 4. The van der Waals surface area contributed by atoms with E-state index in [-0.39, 0.29) is 0 Å². The van der Waals surface area contributed by atoms with Crippen LogP contribution in [0.5, 0.6) is 0 Å². The maximum Gasteiger partial charge on any atom is 0.171 e. The summed E-state index contributed by atoms with van der Waals surface area (Å²) in [6, 6.07) is 14.8. The molecule has 1 aromatic heterocycles. The summed E-state index contributed by atoms with van der Waals surface area (Å²) in [5.74, 6) is 0. The van der Waals surface area contributed by atoms with E-state index in [9.17, 15) is 0 Å². The maximum atomic E-state index is 5.45. The molecule has 0 amide bonds. The molecule has 6 heteroatoms. The Balaban J connectivity index is 1.52. The molecule has 0 aliphatic carbocycles. The predicted molar refractivity (Wildman–Crippen MR) is 118 cm³/mol. The first-order valence-electron chi connectivity index (χ1n) is 9.16. The van der Waals surface area contributed by atoms with Crippen molar-refractivity contribution in [3.8, 4) is 11.3 Å². The first kappa shape index (κ1) is 19.5. The van der Waals surface area contributed by atoms with E-state index in [2.05, 4.69) is 76.5 Å².